The number of esters is 3. The van der Waals surface area contributed by atoms with Gasteiger partial charge in [-0.2, -0.15) is 0 Å². The minimum absolute atomic E-state index is 0. The molecule has 0 aromatic heterocycles. The van der Waals surface area contributed by atoms with E-state index in [1.54, 1.807) is 75.4 Å². The first-order valence-corrected chi connectivity index (χ1v) is 48.0. The van der Waals surface area contributed by atoms with Crippen molar-refractivity contribution in [2.45, 2.75) is 150 Å². The van der Waals surface area contributed by atoms with E-state index < -0.39 is 107 Å². The van der Waals surface area contributed by atoms with Gasteiger partial charge in [0.25, 0.3) is 0 Å². The predicted octanol–water partition coefficient (Wildman–Crippen LogP) is 16.8. The van der Waals surface area contributed by atoms with Crippen molar-refractivity contribution < 1.29 is 151 Å². The minimum Gasteiger partial charge on any atom is -0.626 e. The van der Waals surface area contributed by atoms with Crippen LogP contribution in [0.15, 0.2) is 281 Å². The Kier molecular flexibility index (Phi) is 37.9. The molecule has 18 atom stereocenters. The van der Waals surface area contributed by atoms with E-state index in [2.05, 4.69) is 132 Å². The molecule has 9 aromatic rings. The number of para-hydroxylation sites is 3. The van der Waals surface area contributed by atoms with Gasteiger partial charge in [0.15, 0.2) is 18.4 Å². The second-order valence-electron chi connectivity index (χ2n) is 35.6. The molecule has 7 N–H and O–H groups in total. The van der Waals surface area contributed by atoms with Crippen LogP contribution in [0.4, 0.5) is 25.8 Å². The number of fused-ring (bicyclic) bond motifs is 9. The number of carbonyl (C=O) groups is 11. The summed E-state index contributed by atoms with van der Waals surface area (Å²) in [5.74, 6) is -8.06. The van der Waals surface area contributed by atoms with Gasteiger partial charge < -0.3 is 75.8 Å². The van der Waals surface area contributed by atoms with Gasteiger partial charge in [-0.3, -0.25) is 44.1 Å². The maximum atomic E-state index is 14.7. The van der Waals surface area contributed by atoms with Crippen LogP contribution < -0.4 is 5.73 Å². The Hall–Kier alpha value is -12.0. The zero-order chi connectivity index (χ0) is 100. The first-order valence-electron chi connectivity index (χ1n) is 46.3. The molecule has 0 bridgehead atoms. The first kappa shape index (κ1) is 111. The quantitative estimate of drug-likeness (QED) is 0.00398. The molecule has 9 aliphatic rings. The summed E-state index contributed by atoms with van der Waals surface area (Å²) in [7, 11) is 0. The van der Waals surface area contributed by atoms with Crippen LogP contribution in [0.3, 0.4) is 0 Å². The number of carbonyl (C=O) groups excluding carboxylic acids is 6. The van der Waals surface area contributed by atoms with Crippen molar-refractivity contribution in [3.63, 3.8) is 0 Å². The zero-order valence-electron chi connectivity index (χ0n) is 78.1. The third kappa shape index (κ3) is 23.8. The second-order valence-corrected chi connectivity index (χ2v) is 37.7. The fourth-order valence-electron chi connectivity index (χ4n) is 20.7. The molecule has 36 heteroatoms. The first-order chi connectivity index (χ1) is 67.3. The van der Waals surface area contributed by atoms with Gasteiger partial charge in [0, 0.05) is 108 Å². The Labute approximate surface area is 873 Å². The molecule has 15 unspecified atom stereocenters. The van der Waals surface area contributed by atoms with Crippen LogP contribution in [0.5, 0.6) is 0 Å². The molecule has 9 aromatic carbocycles. The molecule has 754 valence electrons. The fourth-order valence-corrected chi connectivity index (χ4v) is 21.3. The van der Waals surface area contributed by atoms with Crippen LogP contribution >= 0.6 is 31.9 Å². The summed E-state index contributed by atoms with van der Waals surface area (Å²) in [6.07, 6.45) is -0.257. The average molecular weight is 2210 g/mol. The SMILES string of the molecule is C=C(Br)C(=O)OCC.CCOC(=O)C(Br)C[C@H](N=C(c1ccccc1)c1ccccc1[N-]C(=O)C12CCC1C21CN1Cc1ccccc1)C(=O)O.CCOC(=O)C([18F])C[C@H](N=C(c1ccccc1)c1ccccc1[N-]C(=O)C12CCC1C21CN1Cc1ccccc1)C(=O)O.N[C@@H](CC([18F])C(=O)O)C(=O)O.O=C(O)CN=C(c1ccccc1)c1ccccc1[N-]C(=O)C12CCC1C21CN1Cc1ccccc1.[Ni+2].[Ni+2].[Ni+2]. The van der Waals surface area contributed by atoms with E-state index in [1.807, 2.05) is 152 Å². The number of hydrogen-bond donors (Lipinski definition) is 6. The van der Waals surface area contributed by atoms with Gasteiger partial charge in [0.1, 0.15) is 23.5 Å². The number of nitrogens with two attached hydrogens (primary N) is 1. The molecular weight excluding hydrogens is 2100 g/mol. The molecule has 9 fully saturated rings. The van der Waals surface area contributed by atoms with Crippen LogP contribution in [0.1, 0.15) is 129 Å². The number of nitrogens with zero attached hydrogens (tertiary/aromatic N) is 9. The second kappa shape index (κ2) is 48.6. The molecule has 3 spiro atoms. The van der Waals surface area contributed by atoms with Crippen molar-refractivity contribution in [1.82, 2.24) is 14.7 Å². The fraction of sp³-hybridized carbons (Fsp3) is 0.346. The van der Waals surface area contributed by atoms with Gasteiger partial charge >= 0.3 is 97.2 Å². The van der Waals surface area contributed by atoms with Crippen LogP contribution in [-0.4, -0.2) is 221 Å². The molecule has 3 aliphatic heterocycles. The number of amides is 3. The molecular formula is C107H107Br2F2N10Ni3O19+3. The molecule has 3 amide bonds. The molecule has 6 aliphatic carbocycles. The van der Waals surface area contributed by atoms with Gasteiger partial charge in [-0.15, -0.1) is 17.1 Å². The van der Waals surface area contributed by atoms with E-state index in [-0.39, 0.29) is 132 Å². The van der Waals surface area contributed by atoms with Crippen molar-refractivity contribution in [3.8, 4) is 0 Å². The minimum atomic E-state index is -2.21. The summed E-state index contributed by atoms with van der Waals surface area (Å²) in [4.78, 5) is 152. The van der Waals surface area contributed by atoms with E-state index >= 15 is 0 Å². The van der Waals surface area contributed by atoms with E-state index in [9.17, 15) is 76.8 Å². The third-order valence-corrected chi connectivity index (χ3v) is 28.9. The number of alkyl halides is 3. The van der Waals surface area contributed by atoms with Crippen molar-refractivity contribution in [1.29, 1.82) is 0 Å². The molecule has 29 nitrogen and oxygen atoms in total. The van der Waals surface area contributed by atoms with Gasteiger partial charge in [0.05, 0.1) is 59.2 Å². The molecule has 0 radical (unpaired) electrons. The summed E-state index contributed by atoms with van der Waals surface area (Å²) in [5.41, 5.74) is 13.3. The largest absolute Gasteiger partial charge is 2.00 e. The van der Waals surface area contributed by atoms with E-state index in [1.165, 1.54) is 16.7 Å². The third-order valence-electron chi connectivity index (χ3n) is 27.8. The number of benzene rings is 9. The number of hydrogen-bond acceptors (Lipinski definition) is 21. The van der Waals surface area contributed by atoms with Gasteiger partial charge in [-0.05, 0) is 126 Å². The number of ether oxygens (including phenoxy) is 3. The summed E-state index contributed by atoms with van der Waals surface area (Å²) in [5, 5.41) is 59.4. The van der Waals surface area contributed by atoms with Crippen molar-refractivity contribution in [3.05, 3.63) is 332 Å². The zero-order valence-corrected chi connectivity index (χ0v) is 84.2. The van der Waals surface area contributed by atoms with Crippen LogP contribution in [0.2, 0.25) is 0 Å². The Morgan fingerprint density at radius 2 is 0.727 bits per heavy atom. The smallest absolute Gasteiger partial charge is 0.626 e. The van der Waals surface area contributed by atoms with E-state index in [0.717, 1.165) is 83.4 Å². The normalized spacial score (nSPS) is 24.4. The molecule has 18 rings (SSSR count). The van der Waals surface area contributed by atoms with E-state index in [0.29, 0.717) is 74.7 Å². The Balaban J connectivity index is 0.000000186. The maximum Gasteiger partial charge on any atom is 2.00 e. The number of aliphatic imine (C=N–C) groups is 3. The van der Waals surface area contributed by atoms with Gasteiger partial charge in [0.2, 0.25) is 0 Å². The molecule has 3 saturated heterocycles. The summed E-state index contributed by atoms with van der Waals surface area (Å²) < 4.78 is 41.4. The number of halogens is 4. The number of carboxylic acids is 5. The number of carboxylic acid groups (broad SMARTS) is 5. The Bertz CT molecular complexity index is 5970. The summed E-state index contributed by atoms with van der Waals surface area (Å²) in [6, 6.07) is 75.8. The van der Waals surface area contributed by atoms with Gasteiger partial charge in [-0.1, -0.05) is 277 Å². The standard InChI is InChI=1S/C34H34BrN3O5.C34H34FN3O5.C29H27N3O3.C5H7BrO2.C5H8FNO4.3Ni/c2*1-2-43-31(41)25(35)19-27(30(39)40)36-29(23-13-7-4-8-14-23)24-15-9-10-16-26(24)37-32(42)33-18-17-28(33)34(33)21-38(34)20-22-11-5-3-6-12-22;33-25(34)17-30-26(21-11-5-2-6-12-21)22-13-7-8-14-23(22)31-27(35)28-16-15-24(28)29(28)19-32(29)18-20-9-3-1-4-10-20;1-3-8-5(7)4(2)6;6-2(4(8)9)1-3(7)5(10)11;;;/h2*3-16,25,27-28H,2,17-21H2,1H3,(H2,36,37,39,40,42);1-14,24H,15-19H2,(H2,30,31,33,34,35);2-3H2,1H3;2-3H,1,7H2,(H,8,9)(H,10,11);;;/q;;;;;3*+2/p-3/t2*25?,27-,28?,33?,34?,38?;;;2?,3-;;;/m00..0.../s1/i;35-1;;;6-1;;;. The molecule has 143 heavy (non-hydrogen) atoms. The molecule has 3 heterocycles. The summed E-state index contributed by atoms with van der Waals surface area (Å²) >= 11 is 6.14. The van der Waals surface area contributed by atoms with Crippen LogP contribution in [0, 0.1) is 34.0 Å². The number of aliphatic carboxylic acids is 5. The van der Waals surface area contributed by atoms with Crippen LogP contribution in [-0.2, 0) is 136 Å². The van der Waals surface area contributed by atoms with Crippen molar-refractivity contribution in [2.75, 3.05) is 46.0 Å². The van der Waals surface area contributed by atoms with Crippen molar-refractivity contribution >= 4 is 132 Å². The topological polar surface area (TPSA) is 431 Å². The monoisotopic (exact) mass is 2200 g/mol. The van der Waals surface area contributed by atoms with Crippen molar-refractivity contribution in [2.24, 2.45) is 54.7 Å². The number of rotatable bonds is 38. The summed E-state index contributed by atoms with van der Waals surface area (Å²) in [6.45, 7) is 13.7. The maximum absolute atomic E-state index is 14.7. The Morgan fingerprint density at radius 3 is 1.02 bits per heavy atom. The van der Waals surface area contributed by atoms with Crippen LogP contribution in [0.25, 0.3) is 16.0 Å². The molecule has 6 saturated carbocycles. The average Bonchev–Trinajstić information content (AvgIpc) is 1.44. The van der Waals surface area contributed by atoms with Gasteiger partial charge in [-0.25, -0.2) is 32.8 Å². The predicted molar refractivity (Wildman–Crippen MR) is 527 cm³/mol. The van der Waals surface area contributed by atoms with E-state index in [4.69, 9.17) is 30.7 Å². The Morgan fingerprint density at radius 1 is 0.420 bits per heavy atom.